The molecule has 0 spiro atoms. The number of anilines is 1. The Balaban J connectivity index is 1.05. The van der Waals surface area contributed by atoms with Gasteiger partial charge in [-0.3, -0.25) is 19.4 Å². The van der Waals surface area contributed by atoms with Crippen molar-refractivity contribution < 1.29 is 35.9 Å². The van der Waals surface area contributed by atoms with Crippen LogP contribution in [0.4, 0.5) is 5.69 Å². The van der Waals surface area contributed by atoms with Crippen molar-refractivity contribution in [3.63, 3.8) is 0 Å². The Morgan fingerprint density at radius 2 is 1.69 bits per heavy atom. The van der Waals surface area contributed by atoms with E-state index < -0.39 is 36.6 Å². The zero-order valence-electron chi connectivity index (χ0n) is 38.7. The second-order valence-corrected chi connectivity index (χ2v) is 23.5. The standard InChI is InChI=1S/C49H68ClN5O8S2/c1-6-35(2)36(3)65(60,61)51-48(57)38-17-20-46-45(29-38)54(22-11-10-12-37-28-41(50)18-15-40(37)33-63-46)30-39-16-19-44(39)49(4,62-5)34-52-23-24-53-25-26-55(32-42(53)31-52)47(56)21-27-64(58,59)43-13-8-7-9-14-43/h7-9,13-15,17-18,20,28-29,35-36,39,42,44H,6,10-12,16,19,21-27,30-34H2,1-5H3,(H,51,57)/t35-,36+,39-,42+,44+,49?/m0/s1. The van der Waals surface area contributed by atoms with Crippen LogP contribution in [0, 0.1) is 17.8 Å². The van der Waals surface area contributed by atoms with Crippen molar-refractivity contribution >= 4 is 49.0 Å². The highest BCUT2D eigenvalue weighted by Gasteiger charge is 2.47. The number of amides is 2. The molecule has 3 aromatic rings. The topological polar surface area (TPSA) is 146 Å². The number of rotatable bonds is 15. The molecule has 16 heteroatoms. The monoisotopic (exact) mass is 953 g/mol. The molecule has 0 radical (unpaired) electrons. The minimum absolute atomic E-state index is 0.0390. The maximum atomic E-state index is 13.7. The molecule has 1 N–H and O–H groups in total. The van der Waals surface area contributed by atoms with E-state index in [9.17, 15) is 26.4 Å². The third-order valence-electron chi connectivity index (χ3n) is 14.9. The molecular formula is C49H68ClN5O8S2. The first kappa shape index (κ1) is 49.2. The van der Waals surface area contributed by atoms with Crippen LogP contribution >= 0.6 is 11.6 Å². The Morgan fingerprint density at radius 3 is 2.42 bits per heavy atom. The minimum Gasteiger partial charge on any atom is -0.487 e. The Morgan fingerprint density at radius 1 is 0.923 bits per heavy atom. The third kappa shape index (κ3) is 11.7. The molecule has 3 aliphatic heterocycles. The second kappa shape index (κ2) is 21.1. The number of sulfonamides is 1. The predicted octanol–water partition coefficient (Wildman–Crippen LogP) is 6.68. The maximum Gasteiger partial charge on any atom is 0.264 e. The van der Waals surface area contributed by atoms with E-state index in [4.69, 9.17) is 21.1 Å². The molecule has 2 amide bonds. The fourth-order valence-corrected chi connectivity index (χ4v) is 13.0. The molecule has 3 fully saturated rings. The molecule has 13 nitrogen and oxygen atoms in total. The fraction of sp³-hybridized carbons (Fsp3) is 0.592. The molecule has 3 aromatic carbocycles. The Bertz CT molecular complexity index is 2370. The van der Waals surface area contributed by atoms with E-state index in [0.717, 1.165) is 81.6 Å². The number of halogens is 1. The van der Waals surface area contributed by atoms with Gasteiger partial charge in [0.05, 0.1) is 27.2 Å². The lowest BCUT2D eigenvalue weighted by Gasteiger charge is -2.53. The van der Waals surface area contributed by atoms with Crippen molar-refractivity contribution in [3.05, 3.63) is 88.4 Å². The lowest BCUT2D eigenvalue weighted by Crippen LogP contribution is -2.65. The van der Waals surface area contributed by atoms with Gasteiger partial charge < -0.3 is 19.3 Å². The van der Waals surface area contributed by atoms with Crippen molar-refractivity contribution in [1.82, 2.24) is 19.4 Å². The van der Waals surface area contributed by atoms with Crippen molar-refractivity contribution in [2.45, 2.75) is 101 Å². The zero-order valence-corrected chi connectivity index (χ0v) is 41.1. The number of sulfone groups is 1. The summed E-state index contributed by atoms with van der Waals surface area (Å²) in [5, 5.41) is -0.0432. The molecule has 0 aromatic heterocycles. The van der Waals surface area contributed by atoms with Gasteiger partial charge in [0.25, 0.3) is 5.91 Å². The van der Waals surface area contributed by atoms with E-state index in [1.54, 1.807) is 62.6 Å². The number of nitrogens with one attached hydrogen (secondary N) is 1. The largest absolute Gasteiger partial charge is 0.487 e. The normalized spacial score (nSPS) is 23.0. The number of carbonyl (C=O) groups excluding carboxylic acids is 2. The van der Waals surface area contributed by atoms with Crippen LogP contribution < -0.4 is 14.4 Å². The van der Waals surface area contributed by atoms with Gasteiger partial charge in [-0.2, -0.15) is 0 Å². The van der Waals surface area contributed by atoms with Gasteiger partial charge in [0.2, 0.25) is 15.9 Å². The smallest absolute Gasteiger partial charge is 0.264 e. The summed E-state index contributed by atoms with van der Waals surface area (Å²) in [6, 6.07) is 19.6. The van der Waals surface area contributed by atoms with Gasteiger partial charge in [0.15, 0.2) is 9.84 Å². The number of hydrogen-bond donors (Lipinski definition) is 1. The van der Waals surface area contributed by atoms with Crippen molar-refractivity contribution in [2.75, 3.05) is 76.7 Å². The lowest BCUT2D eigenvalue weighted by atomic mass is 9.64. The van der Waals surface area contributed by atoms with Gasteiger partial charge >= 0.3 is 0 Å². The quantitative estimate of drug-likeness (QED) is 0.174. The van der Waals surface area contributed by atoms with Gasteiger partial charge in [-0.15, -0.1) is 0 Å². The molecule has 2 saturated heterocycles. The number of piperazine rings is 2. The Hall–Kier alpha value is -3.73. The lowest BCUT2D eigenvalue weighted by molar-refractivity contribution is -0.137. The van der Waals surface area contributed by atoms with Crippen LogP contribution in [-0.2, 0) is 42.4 Å². The molecule has 6 atom stereocenters. The number of ether oxygens (including phenoxy) is 2. The Kier molecular flexibility index (Phi) is 15.9. The van der Waals surface area contributed by atoms with E-state index in [2.05, 4.69) is 26.3 Å². The summed E-state index contributed by atoms with van der Waals surface area (Å²) < 4.78 is 67.9. The first-order valence-corrected chi connectivity index (χ1v) is 27.0. The molecule has 0 bridgehead atoms. The van der Waals surface area contributed by atoms with Crippen LogP contribution in [0.2, 0.25) is 5.02 Å². The summed E-state index contributed by atoms with van der Waals surface area (Å²) in [4.78, 5) is 36.4. The summed E-state index contributed by atoms with van der Waals surface area (Å²) in [6.07, 6.45) is 5.32. The van der Waals surface area contributed by atoms with Crippen molar-refractivity contribution in [2.24, 2.45) is 17.8 Å². The van der Waals surface area contributed by atoms with Crippen molar-refractivity contribution in [3.8, 4) is 5.75 Å². The number of fused-ring (bicyclic) bond motifs is 3. The van der Waals surface area contributed by atoms with Crippen LogP contribution in [-0.4, -0.2) is 132 Å². The highest BCUT2D eigenvalue weighted by molar-refractivity contribution is 7.91. The number of nitrogens with zero attached hydrogens (tertiary/aromatic N) is 4. The molecule has 1 aliphatic carbocycles. The molecule has 1 saturated carbocycles. The van der Waals surface area contributed by atoms with E-state index in [0.29, 0.717) is 50.0 Å². The summed E-state index contributed by atoms with van der Waals surface area (Å²) >= 11 is 6.43. The zero-order chi connectivity index (χ0) is 46.5. The first-order valence-electron chi connectivity index (χ1n) is 23.4. The SMILES string of the molecule is CC[C@H](C)[C@@H](C)S(=O)(=O)NC(=O)c1ccc2c(c1)N(C[C@@H]1CC[C@H]1C(C)(CN1CCN3CCN(C(=O)CCS(=O)(=O)c4ccccc4)C[C@H]3C1)OC)CCCCc1cc(Cl)ccc1CO2. The summed E-state index contributed by atoms with van der Waals surface area (Å²) in [5.74, 6) is 0.0364. The van der Waals surface area contributed by atoms with Gasteiger partial charge in [0, 0.05) is 89.1 Å². The van der Waals surface area contributed by atoms with E-state index in [1.165, 1.54) is 0 Å². The van der Waals surface area contributed by atoms with Crippen LogP contribution in [0.5, 0.6) is 5.75 Å². The number of carbonyl (C=O) groups is 2. The first-order chi connectivity index (χ1) is 31.0. The molecule has 4 aliphatic rings. The number of benzene rings is 3. The molecule has 1 unspecified atom stereocenters. The average molecular weight is 955 g/mol. The summed E-state index contributed by atoms with van der Waals surface area (Å²) in [7, 11) is -5.66. The predicted molar refractivity (Wildman–Crippen MR) is 256 cm³/mol. The van der Waals surface area contributed by atoms with Crippen LogP contribution in [0.3, 0.4) is 0 Å². The molecular weight excluding hydrogens is 886 g/mol. The fourth-order valence-electron chi connectivity index (χ4n) is 10.2. The highest BCUT2D eigenvalue weighted by Crippen LogP contribution is 2.46. The Labute approximate surface area is 392 Å². The van der Waals surface area contributed by atoms with Gasteiger partial charge in [-0.05, 0) is 117 Å². The summed E-state index contributed by atoms with van der Waals surface area (Å²) in [5.41, 5.74) is 2.76. The van der Waals surface area contributed by atoms with E-state index in [-0.39, 0.29) is 52.3 Å². The molecule has 7 rings (SSSR count). The summed E-state index contributed by atoms with van der Waals surface area (Å²) in [6.45, 7) is 14.6. The molecule has 356 valence electrons. The third-order valence-corrected chi connectivity index (χ3v) is 18.8. The molecule has 65 heavy (non-hydrogen) atoms. The van der Waals surface area contributed by atoms with Crippen LogP contribution in [0.1, 0.15) is 87.7 Å². The van der Waals surface area contributed by atoms with Crippen molar-refractivity contribution in [1.29, 1.82) is 0 Å². The van der Waals surface area contributed by atoms with Gasteiger partial charge in [-0.25, -0.2) is 21.6 Å². The number of aryl methyl sites for hydroxylation is 1. The highest BCUT2D eigenvalue weighted by atomic mass is 35.5. The molecule has 3 heterocycles. The maximum absolute atomic E-state index is 13.7. The van der Waals surface area contributed by atoms with Gasteiger partial charge in [-0.1, -0.05) is 56.1 Å². The van der Waals surface area contributed by atoms with Crippen LogP contribution in [0.15, 0.2) is 71.6 Å². The van der Waals surface area contributed by atoms with E-state index >= 15 is 0 Å². The average Bonchev–Trinajstić information content (AvgIpc) is 3.32. The minimum atomic E-state index is -3.91. The number of methoxy groups -OCH3 is 1. The van der Waals surface area contributed by atoms with E-state index in [1.807, 2.05) is 36.9 Å². The second-order valence-electron chi connectivity index (χ2n) is 19.0. The van der Waals surface area contributed by atoms with Gasteiger partial charge in [0.1, 0.15) is 12.4 Å². The number of hydrogen-bond acceptors (Lipinski definition) is 11. The van der Waals surface area contributed by atoms with Crippen LogP contribution in [0.25, 0.3) is 0 Å².